The Balaban J connectivity index is 1.80. The Kier molecular flexibility index (Phi) is 7.85. The molecule has 0 aromatic heterocycles. The van der Waals surface area contributed by atoms with Crippen LogP contribution in [0.5, 0.6) is 11.5 Å². The molecule has 1 heterocycles. The number of ether oxygens (including phenoxy) is 2. The highest BCUT2D eigenvalue weighted by atomic mass is 79.9. The number of hydrogen-bond acceptors (Lipinski definition) is 4. The third kappa shape index (κ3) is 5.38. The number of methoxy groups -OCH3 is 1. The maximum Gasteiger partial charge on any atom is 0.222 e. The van der Waals surface area contributed by atoms with Crippen molar-refractivity contribution < 1.29 is 14.3 Å². The van der Waals surface area contributed by atoms with Crippen molar-refractivity contribution in [3.63, 3.8) is 0 Å². The fraction of sp³-hybridized carbons (Fsp3) is 0.611. The standard InChI is InChI=1S/C18H27BrN2O3/c1-3-10-24-17-12-15(19)14(11-16(17)23-2)13-20-7-5-9-21-8-4-6-18(21)22/h11-12,20H,3-10,13H2,1-2H3. The van der Waals surface area contributed by atoms with E-state index in [-0.39, 0.29) is 0 Å². The topological polar surface area (TPSA) is 50.8 Å². The molecule has 0 radical (unpaired) electrons. The number of benzene rings is 1. The molecule has 1 aromatic rings. The third-order valence-corrected chi connectivity index (χ3v) is 4.80. The highest BCUT2D eigenvalue weighted by molar-refractivity contribution is 9.10. The molecule has 24 heavy (non-hydrogen) atoms. The molecule has 0 atom stereocenters. The predicted molar refractivity (Wildman–Crippen MR) is 98.6 cm³/mol. The molecular formula is C18H27BrN2O3. The summed E-state index contributed by atoms with van der Waals surface area (Å²) in [5.74, 6) is 1.82. The van der Waals surface area contributed by atoms with Gasteiger partial charge in [0.1, 0.15) is 0 Å². The van der Waals surface area contributed by atoms with Crippen LogP contribution in [0.4, 0.5) is 0 Å². The molecule has 134 valence electrons. The first-order valence-electron chi connectivity index (χ1n) is 8.63. The van der Waals surface area contributed by atoms with Crippen molar-refractivity contribution in [2.75, 3.05) is 33.4 Å². The second kappa shape index (κ2) is 9.89. The summed E-state index contributed by atoms with van der Waals surface area (Å²) in [7, 11) is 1.66. The minimum atomic E-state index is 0.296. The minimum Gasteiger partial charge on any atom is -0.493 e. The number of carbonyl (C=O) groups is 1. The van der Waals surface area contributed by atoms with Gasteiger partial charge in [-0.25, -0.2) is 0 Å². The molecule has 1 N–H and O–H groups in total. The van der Waals surface area contributed by atoms with Gasteiger partial charge in [-0.1, -0.05) is 22.9 Å². The number of likely N-dealkylation sites (tertiary alicyclic amines) is 1. The number of amides is 1. The Morgan fingerprint density at radius 3 is 2.83 bits per heavy atom. The van der Waals surface area contributed by atoms with E-state index in [0.29, 0.717) is 18.9 Å². The molecule has 0 aliphatic carbocycles. The first kappa shape index (κ1) is 19.1. The van der Waals surface area contributed by atoms with Crippen LogP contribution in [-0.2, 0) is 11.3 Å². The van der Waals surface area contributed by atoms with Gasteiger partial charge in [-0.3, -0.25) is 4.79 Å². The Labute approximate surface area is 152 Å². The third-order valence-electron chi connectivity index (χ3n) is 4.06. The van der Waals surface area contributed by atoms with Crippen LogP contribution in [0.2, 0.25) is 0 Å². The lowest BCUT2D eigenvalue weighted by Crippen LogP contribution is -2.28. The van der Waals surface area contributed by atoms with E-state index in [2.05, 4.69) is 28.2 Å². The van der Waals surface area contributed by atoms with Crippen molar-refractivity contribution in [3.8, 4) is 11.5 Å². The van der Waals surface area contributed by atoms with Crippen molar-refractivity contribution >= 4 is 21.8 Å². The number of halogens is 1. The van der Waals surface area contributed by atoms with E-state index < -0.39 is 0 Å². The molecule has 1 saturated heterocycles. The molecule has 1 aliphatic heterocycles. The fourth-order valence-corrected chi connectivity index (χ4v) is 3.22. The maximum atomic E-state index is 11.6. The van der Waals surface area contributed by atoms with Crippen molar-refractivity contribution in [2.45, 2.75) is 39.2 Å². The first-order valence-corrected chi connectivity index (χ1v) is 9.42. The summed E-state index contributed by atoms with van der Waals surface area (Å²) in [6.45, 7) is 6.15. The van der Waals surface area contributed by atoms with E-state index in [1.54, 1.807) is 7.11 Å². The lowest BCUT2D eigenvalue weighted by atomic mass is 10.2. The van der Waals surface area contributed by atoms with Crippen LogP contribution in [-0.4, -0.2) is 44.2 Å². The predicted octanol–water partition coefficient (Wildman–Crippen LogP) is 3.35. The van der Waals surface area contributed by atoms with Gasteiger partial charge in [0.2, 0.25) is 5.91 Å². The molecule has 0 unspecified atom stereocenters. The zero-order valence-corrected chi connectivity index (χ0v) is 16.2. The van der Waals surface area contributed by atoms with Gasteiger partial charge < -0.3 is 19.7 Å². The normalized spacial score (nSPS) is 14.3. The highest BCUT2D eigenvalue weighted by Crippen LogP contribution is 2.33. The van der Waals surface area contributed by atoms with Gasteiger partial charge in [0.25, 0.3) is 0 Å². The summed E-state index contributed by atoms with van der Waals surface area (Å²) in [5, 5.41) is 3.43. The van der Waals surface area contributed by atoms with Crippen LogP contribution in [0.25, 0.3) is 0 Å². The second-order valence-electron chi connectivity index (χ2n) is 5.96. The van der Waals surface area contributed by atoms with Gasteiger partial charge in [-0.2, -0.15) is 0 Å². The summed E-state index contributed by atoms with van der Waals surface area (Å²) in [4.78, 5) is 13.5. The molecule has 0 spiro atoms. The number of hydrogen-bond donors (Lipinski definition) is 1. The molecule has 2 rings (SSSR count). The Bertz CT molecular complexity index is 551. The van der Waals surface area contributed by atoms with E-state index in [4.69, 9.17) is 9.47 Å². The Morgan fingerprint density at radius 1 is 1.33 bits per heavy atom. The smallest absolute Gasteiger partial charge is 0.222 e. The van der Waals surface area contributed by atoms with Crippen molar-refractivity contribution in [1.29, 1.82) is 0 Å². The van der Waals surface area contributed by atoms with Crippen LogP contribution >= 0.6 is 15.9 Å². The zero-order valence-electron chi connectivity index (χ0n) is 14.6. The van der Waals surface area contributed by atoms with Crippen molar-refractivity contribution in [3.05, 3.63) is 22.2 Å². The van der Waals surface area contributed by atoms with Crippen LogP contribution < -0.4 is 14.8 Å². The van der Waals surface area contributed by atoms with E-state index >= 15 is 0 Å². The quantitative estimate of drug-likeness (QED) is 0.613. The van der Waals surface area contributed by atoms with E-state index in [0.717, 1.165) is 67.0 Å². The molecular weight excluding hydrogens is 372 g/mol. The molecule has 1 aromatic carbocycles. The Morgan fingerprint density at radius 2 is 2.17 bits per heavy atom. The van der Waals surface area contributed by atoms with Gasteiger partial charge in [0.05, 0.1) is 13.7 Å². The molecule has 0 bridgehead atoms. The first-order chi connectivity index (χ1) is 11.7. The molecule has 1 amide bonds. The summed E-state index contributed by atoms with van der Waals surface area (Å²) >= 11 is 3.60. The Hall–Kier alpha value is -1.27. The molecule has 0 saturated carbocycles. The summed E-state index contributed by atoms with van der Waals surface area (Å²) in [5.41, 5.74) is 1.13. The minimum absolute atomic E-state index is 0.296. The second-order valence-corrected chi connectivity index (χ2v) is 6.81. The van der Waals surface area contributed by atoms with Gasteiger partial charge in [-0.05, 0) is 43.5 Å². The van der Waals surface area contributed by atoms with Gasteiger partial charge >= 0.3 is 0 Å². The van der Waals surface area contributed by atoms with Crippen LogP contribution in [0.3, 0.4) is 0 Å². The zero-order chi connectivity index (χ0) is 17.4. The monoisotopic (exact) mass is 398 g/mol. The van der Waals surface area contributed by atoms with Crippen LogP contribution in [0.1, 0.15) is 38.2 Å². The summed E-state index contributed by atoms with van der Waals surface area (Å²) in [6.07, 6.45) is 3.65. The molecule has 6 heteroatoms. The average Bonchev–Trinajstić information content (AvgIpc) is 2.99. The van der Waals surface area contributed by atoms with Gasteiger partial charge in [0, 0.05) is 30.5 Å². The average molecular weight is 399 g/mol. The molecule has 5 nitrogen and oxygen atoms in total. The SMILES string of the molecule is CCCOc1cc(Br)c(CNCCCN2CCCC2=O)cc1OC. The number of rotatable bonds is 10. The van der Waals surface area contributed by atoms with Crippen molar-refractivity contribution in [1.82, 2.24) is 10.2 Å². The molecule has 1 fully saturated rings. The van der Waals surface area contributed by atoms with E-state index in [1.165, 1.54) is 0 Å². The van der Waals surface area contributed by atoms with E-state index in [1.807, 2.05) is 17.0 Å². The van der Waals surface area contributed by atoms with Crippen LogP contribution in [0, 0.1) is 0 Å². The van der Waals surface area contributed by atoms with E-state index in [9.17, 15) is 4.79 Å². The lowest BCUT2D eigenvalue weighted by molar-refractivity contribution is -0.127. The highest BCUT2D eigenvalue weighted by Gasteiger charge is 2.18. The fourth-order valence-electron chi connectivity index (χ4n) is 2.76. The molecule has 1 aliphatic rings. The number of nitrogens with one attached hydrogen (secondary N) is 1. The van der Waals surface area contributed by atoms with Gasteiger partial charge in [-0.15, -0.1) is 0 Å². The summed E-state index contributed by atoms with van der Waals surface area (Å²) in [6, 6.07) is 3.97. The summed E-state index contributed by atoms with van der Waals surface area (Å²) < 4.78 is 12.1. The van der Waals surface area contributed by atoms with Gasteiger partial charge in [0.15, 0.2) is 11.5 Å². The van der Waals surface area contributed by atoms with Crippen molar-refractivity contribution in [2.24, 2.45) is 0 Å². The number of nitrogens with zero attached hydrogens (tertiary/aromatic N) is 1. The van der Waals surface area contributed by atoms with Crippen LogP contribution in [0.15, 0.2) is 16.6 Å². The number of carbonyl (C=O) groups excluding carboxylic acids is 1. The largest absolute Gasteiger partial charge is 0.493 e. The maximum absolute atomic E-state index is 11.6. The lowest BCUT2D eigenvalue weighted by Gasteiger charge is -2.16.